The molecule has 0 unspecified atom stereocenters. The second-order valence-corrected chi connectivity index (χ2v) is 8.18. The van der Waals surface area contributed by atoms with E-state index in [-0.39, 0.29) is 17.9 Å². The van der Waals surface area contributed by atoms with Gasteiger partial charge in [0, 0.05) is 18.0 Å². The van der Waals surface area contributed by atoms with E-state index in [0.29, 0.717) is 29.1 Å². The van der Waals surface area contributed by atoms with Crippen LogP contribution in [0.25, 0.3) is 20.7 Å². The maximum absolute atomic E-state index is 12.9. The van der Waals surface area contributed by atoms with E-state index in [0.717, 1.165) is 21.6 Å². The van der Waals surface area contributed by atoms with Crippen LogP contribution in [0.4, 0.5) is 0 Å². The molecule has 1 N–H and O–H groups in total. The Hall–Kier alpha value is -3.25. The van der Waals surface area contributed by atoms with Crippen LogP contribution in [-0.4, -0.2) is 27.3 Å². The van der Waals surface area contributed by atoms with Crippen molar-refractivity contribution in [2.45, 2.75) is 26.8 Å². The van der Waals surface area contributed by atoms with Crippen molar-refractivity contribution in [3.05, 3.63) is 88.0 Å². The van der Waals surface area contributed by atoms with Gasteiger partial charge in [-0.2, -0.15) is 0 Å². The fraction of sp³-hybridized carbons (Fsp3) is 0.208. The highest BCUT2D eigenvalue weighted by atomic mass is 32.1. The molecule has 0 fully saturated rings. The van der Waals surface area contributed by atoms with Crippen LogP contribution in [0.5, 0.6) is 0 Å². The third-order valence-electron chi connectivity index (χ3n) is 5.15. The molecule has 2 aromatic heterocycles. The van der Waals surface area contributed by atoms with Gasteiger partial charge in [-0.3, -0.25) is 9.59 Å². The SMILES string of the molecule is CCN(Cc1ccccc1)C(=O)Cc1nc2sc(-c3ccccc3)c(C)c2c(=O)[nH]1. The van der Waals surface area contributed by atoms with Gasteiger partial charge < -0.3 is 9.88 Å². The zero-order valence-corrected chi connectivity index (χ0v) is 17.8. The van der Waals surface area contributed by atoms with Crippen molar-refractivity contribution >= 4 is 27.5 Å². The predicted octanol–water partition coefficient (Wildman–Crippen LogP) is 4.55. The highest BCUT2D eigenvalue weighted by molar-refractivity contribution is 7.22. The van der Waals surface area contributed by atoms with E-state index < -0.39 is 0 Å². The van der Waals surface area contributed by atoms with Crippen LogP contribution in [0.15, 0.2) is 65.5 Å². The van der Waals surface area contributed by atoms with Gasteiger partial charge in [0.05, 0.1) is 11.8 Å². The minimum Gasteiger partial charge on any atom is -0.338 e. The number of aromatic amines is 1. The summed E-state index contributed by atoms with van der Waals surface area (Å²) in [7, 11) is 0. The van der Waals surface area contributed by atoms with Crippen LogP contribution in [0.2, 0.25) is 0 Å². The largest absolute Gasteiger partial charge is 0.338 e. The zero-order chi connectivity index (χ0) is 21.1. The fourth-order valence-corrected chi connectivity index (χ4v) is 4.78. The first-order valence-electron chi connectivity index (χ1n) is 9.96. The Balaban J connectivity index is 1.61. The van der Waals surface area contributed by atoms with Gasteiger partial charge in [0.2, 0.25) is 5.91 Å². The molecule has 2 heterocycles. The Labute approximate surface area is 179 Å². The molecule has 0 radical (unpaired) electrons. The summed E-state index contributed by atoms with van der Waals surface area (Å²) < 4.78 is 0. The molecule has 1 amide bonds. The van der Waals surface area contributed by atoms with E-state index >= 15 is 0 Å². The molecule has 2 aromatic carbocycles. The Morgan fingerprint density at radius 1 is 1.07 bits per heavy atom. The lowest BCUT2D eigenvalue weighted by atomic mass is 10.1. The summed E-state index contributed by atoms with van der Waals surface area (Å²) in [6, 6.07) is 19.9. The number of aromatic nitrogens is 2. The molecule has 0 spiro atoms. The van der Waals surface area contributed by atoms with Gasteiger partial charge in [-0.1, -0.05) is 60.7 Å². The van der Waals surface area contributed by atoms with Gasteiger partial charge in [-0.25, -0.2) is 4.98 Å². The lowest BCUT2D eigenvalue weighted by Gasteiger charge is -2.20. The number of hydrogen-bond donors (Lipinski definition) is 1. The number of likely N-dealkylation sites (N-methyl/N-ethyl adjacent to an activating group) is 1. The number of H-pyrrole nitrogens is 1. The third-order valence-corrected chi connectivity index (χ3v) is 6.39. The fourth-order valence-electron chi connectivity index (χ4n) is 3.57. The summed E-state index contributed by atoms with van der Waals surface area (Å²) in [4.78, 5) is 36.5. The highest BCUT2D eigenvalue weighted by Crippen LogP contribution is 2.35. The number of carbonyl (C=O) groups excluding carboxylic acids is 1. The summed E-state index contributed by atoms with van der Waals surface area (Å²) in [5.74, 6) is 0.352. The molecular formula is C24H23N3O2S. The first kappa shape index (κ1) is 20.0. The highest BCUT2D eigenvalue weighted by Gasteiger charge is 2.18. The molecule has 0 saturated heterocycles. The molecule has 0 saturated carbocycles. The summed E-state index contributed by atoms with van der Waals surface area (Å²) in [5, 5.41) is 0.603. The molecule has 0 aliphatic carbocycles. The number of benzene rings is 2. The van der Waals surface area contributed by atoms with Crippen LogP contribution >= 0.6 is 11.3 Å². The van der Waals surface area contributed by atoms with E-state index in [1.807, 2.05) is 74.5 Å². The lowest BCUT2D eigenvalue weighted by Crippen LogP contribution is -2.32. The number of thiophene rings is 1. The Morgan fingerprint density at radius 2 is 1.73 bits per heavy atom. The number of aryl methyl sites for hydroxylation is 1. The molecule has 152 valence electrons. The second-order valence-electron chi connectivity index (χ2n) is 7.19. The minimum absolute atomic E-state index is 0.0552. The van der Waals surface area contributed by atoms with Crippen molar-refractivity contribution in [1.29, 1.82) is 0 Å². The van der Waals surface area contributed by atoms with Crippen molar-refractivity contribution in [2.24, 2.45) is 0 Å². The van der Waals surface area contributed by atoms with E-state index in [2.05, 4.69) is 9.97 Å². The van der Waals surface area contributed by atoms with Crippen molar-refractivity contribution in [2.75, 3.05) is 6.54 Å². The monoisotopic (exact) mass is 417 g/mol. The number of rotatable bonds is 6. The van der Waals surface area contributed by atoms with Crippen LogP contribution in [0.3, 0.4) is 0 Å². The van der Waals surface area contributed by atoms with Crippen LogP contribution in [0.1, 0.15) is 23.9 Å². The summed E-state index contributed by atoms with van der Waals surface area (Å²) >= 11 is 1.49. The van der Waals surface area contributed by atoms with E-state index in [9.17, 15) is 9.59 Å². The lowest BCUT2D eigenvalue weighted by molar-refractivity contribution is -0.131. The quantitative estimate of drug-likeness (QED) is 0.500. The molecule has 4 aromatic rings. The molecular weight excluding hydrogens is 394 g/mol. The predicted molar refractivity (Wildman–Crippen MR) is 122 cm³/mol. The van der Waals surface area contributed by atoms with Crippen LogP contribution in [0, 0.1) is 6.92 Å². The van der Waals surface area contributed by atoms with Crippen molar-refractivity contribution < 1.29 is 4.79 Å². The zero-order valence-electron chi connectivity index (χ0n) is 17.0. The number of hydrogen-bond acceptors (Lipinski definition) is 4. The Morgan fingerprint density at radius 3 is 2.40 bits per heavy atom. The number of nitrogens with zero attached hydrogens (tertiary/aromatic N) is 2. The van der Waals surface area contributed by atoms with E-state index in [4.69, 9.17) is 0 Å². The summed E-state index contributed by atoms with van der Waals surface area (Å²) in [5.41, 5.74) is 2.87. The number of carbonyl (C=O) groups is 1. The third kappa shape index (κ3) is 4.04. The van der Waals surface area contributed by atoms with Crippen molar-refractivity contribution in [3.63, 3.8) is 0 Å². The van der Waals surface area contributed by atoms with Gasteiger partial charge in [0.15, 0.2) is 0 Å². The molecule has 4 rings (SSSR count). The Kier molecular flexibility index (Phi) is 5.77. The maximum Gasteiger partial charge on any atom is 0.259 e. The summed E-state index contributed by atoms with van der Waals surface area (Å²) in [6.45, 7) is 5.03. The van der Waals surface area contributed by atoms with E-state index in [1.165, 1.54) is 11.3 Å². The Bertz CT molecular complexity index is 1230. The normalized spacial score (nSPS) is 11.0. The average Bonchev–Trinajstić information content (AvgIpc) is 3.10. The molecule has 0 aliphatic rings. The number of nitrogens with one attached hydrogen (secondary N) is 1. The van der Waals surface area contributed by atoms with Crippen molar-refractivity contribution in [1.82, 2.24) is 14.9 Å². The molecule has 0 atom stereocenters. The van der Waals surface area contributed by atoms with Crippen LogP contribution < -0.4 is 5.56 Å². The minimum atomic E-state index is -0.190. The summed E-state index contributed by atoms with van der Waals surface area (Å²) in [6.07, 6.45) is 0.0729. The van der Waals surface area contributed by atoms with Gasteiger partial charge in [0.1, 0.15) is 10.7 Å². The molecule has 5 nitrogen and oxygen atoms in total. The first-order chi connectivity index (χ1) is 14.6. The van der Waals surface area contributed by atoms with Crippen LogP contribution in [-0.2, 0) is 17.8 Å². The first-order valence-corrected chi connectivity index (χ1v) is 10.8. The topological polar surface area (TPSA) is 66.1 Å². The number of fused-ring (bicyclic) bond motifs is 1. The van der Waals surface area contributed by atoms with Crippen molar-refractivity contribution in [3.8, 4) is 10.4 Å². The molecule has 30 heavy (non-hydrogen) atoms. The van der Waals surface area contributed by atoms with Gasteiger partial charge in [-0.05, 0) is 30.5 Å². The smallest absolute Gasteiger partial charge is 0.259 e. The van der Waals surface area contributed by atoms with E-state index in [1.54, 1.807) is 4.90 Å². The second kappa shape index (κ2) is 8.63. The standard InChI is InChI=1S/C24H23N3O2S/c1-3-27(15-17-10-6-4-7-11-17)20(28)14-19-25-23(29)21-16(2)22(30-24(21)26-19)18-12-8-5-9-13-18/h4-13H,3,14-15H2,1-2H3,(H,25,26,29). The number of amides is 1. The molecule has 0 bridgehead atoms. The van der Waals surface area contributed by atoms with Gasteiger partial charge >= 0.3 is 0 Å². The molecule has 0 aliphatic heterocycles. The molecule has 6 heteroatoms. The average molecular weight is 418 g/mol. The van der Waals surface area contributed by atoms with Gasteiger partial charge in [-0.15, -0.1) is 11.3 Å². The van der Waals surface area contributed by atoms with Gasteiger partial charge in [0.25, 0.3) is 5.56 Å². The maximum atomic E-state index is 12.9.